The van der Waals surface area contributed by atoms with Crippen molar-refractivity contribution < 1.29 is 9.13 Å². The van der Waals surface area contributed by atoms with Crippen molar-refractivity contribution in [2.45, 2.75) is 50.8 Å². The monoisotopic (exact) mass is 294 g/mol. The van der Waals surface area contributed by atoms with Gasteiger partial charge in [0, 0.05) is 25.2 Å². The van der Waals surface area contributed by atoms with E-state index < -0.39 is 0 Å². The van der Waals surface area contributed by atoms with Gasteiger partial charge in [0.15, 0.2) is 0 Å². The number of nitrogens with two attached hydrogens (primary N) is 1. The summed E-state index contributed by atoms with van der Waals surface area (Å²) in [6.45, 7) is 4.27. The summed E-state index contributed by atoms with van der Waals surface area (Å²) in [4.78, 5) is 2.28. The molecule has 118 valence electrons. The molecule has 1 saturated heterocycles. The largest absolute Gasteiger partial charge is 0.378 e. The minimum atomic E-state index is -0.182. The molecule has 2 rings (SSSR count). The van der Waals surface area contributed by atoms with Crippen LogP contribution in [0.1, 0.15) is 38.2 Å². The van der Waals surface area contributed by atoms with E-state index in [2.05, 4.69) is 18.9 Å². The SMILES string of the molecule is CCCC1CC(CN)(N(C)Cc2cccc(F)c2)CCO1. The number of likely N-dealkylation sites (N-methyl/N-ethyl adjacent to an activating group) is 1. The van der Waals surface area contributed by atoms with Gasteiger partial charge in [-0.3, -0.25) is 4.90 Å². The fraction of sp³-hybridized carbons (Fsp3) is 0.647. The molecule has 0 saturated carbocycles. The summed E-state index contributed by atoms with van der Waals surface area (Å²) in [6, 6.07) is 6.81. The second-order valence-electron chi connectivity index (χ2n) is 6.15. The smallest absolute Gasteiger partial charge is 0.123 e. The van der Waals surface area contributed by atoms with Crippen molar-refractivity contribution >= 4 is 0 Å². The van der Waals surface area contributed by atoms with Crippen LogP contribution in [-0.4, -0.2) is 36.7 Å². The first-order chi connectivity index (χ1) is 10.1. The predicted molar refractivity (Wildman–Crippen MR) is 83.5 cm³/mol. The molecule has 1 aliphatic rings. The van der Waals surface area contributed by atoms with Gasteiger partial charge in [-0.25, -0.2) is 4.39 Å². The van der Waals surface area contributed by atoms with E-state index in [0.717, 1.165) is 37.9 Å². The van der Waals surface area contributed by atoms with Crippen molar-refractivity contribution in [3.63, 3.8) is 0 Å². The molecule has 0 aromatic heterocycles. The first kappa shape index (κ1) is 16.4. The zero-order chi connectivity index (χ0) is 15.3. The Hall–Kier alpha value is -0.970. The average Bonchev–Trinajstić information content (AvgIpc) is 2.47. The van der Waals surface area contributed by atoms with E-state index in [1.54, 1.807) is 12.1 Å². The van der Waals surface area contributed by atoms with Gasteiger partial charge in [0.1, 0.15) is 5.82 Å². The third kappa shape index (κ3) is 4.02. The van der Waals surface area contributed by atoms with Gasteiger partial charge in [-0.15, -0.1) is 0 Å². The lowest BCUT2D eigenvalue weighted by atomic mass is 9.83. The summed E-state index contributed by atoms with van der Waals surface area (Å²) < 4.78 is 19.2. The summed E-state index contributed by atoms with van der Waals surface area (Å²) in [5.41, 5.74) is 7.06. The molecule has 21 heavy (non-hydrogen) atoms. The second-order valence-corrected chi connectivity index (χ2v) is 6.15. The van der Waals surface area contributed by atoms with E-state index in [0.29, 0.717) is 19.2 Å². The Balaban J connectivity index is 2.08. The van der Waals surface area contributed by atoms with Crippen LogP contribution >= 0.6 is 0 Å². The molecule has 2 N–H and O–H groups in total. The Morgan fingerprint density at radius 3 is 2.95 bits per heavy atom. The number of hydrogen-bond acceptors (Lipinski definition) is 3. The van der Waals surface area contributed by atoms with Crippen molar-refractivity contribution in [2.75, 3.05) is 20.2 Å². The number of benzene rings is 1. The van der Waals surface area contributed by atoms with Crippen LogP contribution in [0.3, 0.4) is 0 Å². The molecule has 3 nitrogen and oxygen atoms in total. The zero-order valence-electron chi connectivity index (χ0n) is 13.1. The molecule has 0 radical (unpaired) electrons. The number of nitrogens with zero attached hydrogens (tertiary/aromatic N) is 1. The van der Waals surface area contributed by atoms with Gasteiger partial charge in [0.2, 0.25) is 0 Å². The third-order valence-electron chi connectivity index (χ3n) is 4.64. The van der Waals surface area contributed by atoms with Crippen LogP contribution in [0.2, 0.25) is 0 Å². The maximum atomic E-state index is 13.3. The molecule has 0 amide bonds. The highest BCUT2D eigenvalue weighted by Crippen LogP contribution is 2.32. The van der Waals surface area contributed by atoms with Gasteiger partial charge in [0.05, 0.1) is 6.10 Å². The average molecular weight is 294 g/mol. The molecular formula is C17H27FN2O. The first-order valence-corrected chi connectivity index (χ1v) is 7.87. The van der Waals surface area contributed by atoms with E-state index in [9.17, 15) is 4.39 Å². The Bertz CT molecular complexity index is 452. The second kappa shape index (κ2) is 7.34. The molecule has 0 bridgehead atoms. The lowest BCUT2D eigenvalue weighted by Crippen LogP contribution is -2.56. The van der Waals surface area contributed by atoms with Crippen LogP contribution in [0.4, 0.5) is 4.39 Å². The fourth-order valence-corrected chi connectivity index (χ4v) is 3.27. The van der Waals surface area contributed by atoms with Gasteiger partial charge < -0.3 is 10.5 Å². The minimum absolute atomic E-state index is 0.0373. The van der Waals surface area contributed by atoms with Gasteiger partial charge >= 0.3 is 0 Å². The Morgan fingerprint density at radius 2 is 2.29 bits per heavy atom. The van der Waals surface area contributed by atoms with Crippen molar-refractivity contribution in [1.29, 1.82) is 0 Å². The van der Waals surface area contributed by atoms with Crippen LogP contribution in [0.25, 0.3) is 0 Å². The standard InChI is InChI=1S/C17H27FN2O/c1-3-5-16-11-17(13-19,8-9-21-16)20(2)12-14-6-4-7-15(18)10-14/h4,6-7,10,16H,3,5,8-9,11-13,19H2,1-2H3. The molecule has 1 aromatic carbocycles. The number of halogens is 1. The Morgan fingerprint density at radius 1 is 1.48 bits per heavy atom. The normalized spacial score (nSPS) is 26.2. The van der Waals surface area contributed by atoms with E-state index in [4.69, 9.17) is 10.5 Å². The molecular weight excluding hydrogens is 267 g/mol. The van der Waals surface area contributed by atoms with E-state index >= 15 is 0 Å². The van der Waals surface area contributed by atoms with Gasteiger partial charge in [-0.1, -0.05) is 25.5 Å². The van der Waals surface area contributed by atoms with Crippen LogP contribution < -0.4 is 5.73 Å². The fourth-order valence-electron chi connectivity index (χ4n) is 3.27. The van der Waals surface area contributed by atoms with Crippen molar-refractivity contribution in [1.82, 2.24) is 4.90 Å². The lowest BCUT2D eigenvalue weighted by molar-refractivity contribution is -0.0691. The summed E-state index contributed by atoms with van der Waals surface area (Å²) in [5.74, 6) is -0.182. The van der Waals surface area contributed by atoms with Crippen LogP contribution in [0, 0.1) is 5.82 Å². The third-order valence-corrected chi connectivity index (χ3v) is 4.64. The Kier molecular flexibility index (Phi) is 5.73. The summed E-state index contributed by atoms with van der Waals surface area (Å²) in [6.07, 6.45) is 4.40. The molecule has 0 spiro atoms. The highest BCUT2D eigenvalue weighted by Gasteiger charge is 2.38. The molecule has 1 aliphatic heterocycles. The molecule has 2 unspecified atom stereocenters. The molecule has 1 fully saturated rings. The van der Waals surface area contributed by atoms with Crippen molar-refractivity contribution in [2.24, 2.45) is 5.73 Å². The van der Waals surface area contributed by atoms with Gasteiger partial charge in [0.25, 0.3) is 0 Å². The number of rotatable bonds is 6. The van der Waals surface area contributed by atoms with Gasteiger partial charge in [-0.2, -0.15) is 0 Å². The molecule has 0 aliphatic carbocycles. The van der Waals surface area contributed by atoms with E-state index in [1.807, 2.05) is 6.07 Å². The lowest BCUT2D eigenvalue weighted by Gasteiger charge is -2.46. The molecule has 2 atom stereocenters. The predicted octanol–water partition coefficient (Wildman–Crippen LogP) is 2.93. The topological polar surface area (TPSA) is 38.5 Å². The summed E-state index contributed by atoms with van der Waals surface area (Å²) in [5, 5.41) is 0. The highest BCUT2D eigenvalue weighted by molar-refractivity contribution is 5.16. The van der Waals surface area contributed by atoms with Gasteiger partial charge in [-0.05, 0) is 44.0 Å². The number of hydrogen-bond donors (Lipinski definition) is 1. The molecule has 1 heterocycles. The maximum Gasteiger partial charge on any atom is 0.123 e. The van der Waals surface area contributed by atoms with Crippen molar-refractivity contribution in [3.8, 4) is 0 Å². The van der Waals surface area contributed by atoms with Crippen molar-refractivity contribution in [3.05, 3.63) is 35.6 Å². The summed E-state index contributed by atoms with van der Waals surface area (Å²) >= 11 is 0. The maximum absolute atomic E-state index is 13.3. The van der Waals surface area contributed by atoms with Crippen LogP contribution in [-0.2, 0) is 11.3 Å². The summed E-state index contributed by atoms with van der Waals surface area (Å²) in [7, 11) is 2.09. The van der Waals surface area contributed by atoms with Crippen LogP contribution in [0.5, 0.6) is 0 Å². The molecule has 1 aromatic rings. The van der Waals surface area contributed by atoms with E-state index in [1.165, 1.54) is 6.07 Å². The number of ether oxygens (including phenoxy) is 1. The first-order valence-electron chi connectivity index (χ1n) is 7.87. The minimum Gasteiger partial charge on any atom is -0.378 e. The van der Waals surface area contributed by atoms with E-state index in [-0.39, 0.29) is 11.4 Å². The highest BCUT2D eigenvalue weighted by atomic mass is 19.1. The zero-order valence-corrected chi connectivity index (χ0v) is 13.1. The quantitative estimate of drug-likeness (QED) is 0.876. The van der Waals surface area contributed by atoms with Crippen LogP contribution in [0.15, 0.2) is 24.3 Å². The Labute approximate surface area is 127 Å². The molecule has 4 heteroatoms.